The molecule has 2 aromatic heterocycles. The summed E-state index contributed by atoms with van der Waals surface area (Å²) in [6, 6.07) is 3.86. The molecule has 0 aliphatic heterocycles. The van der Waals surface area contributed by atoms with Crippen molar-refractivity contribution in [1.82, 2.24) is 9.38 Å². The van der Waals surface area contributed by atoms with Gasteiger partial charge in [-0.15, -0.1) is 0 Å². The fourth-order valence-electron chi connectivity index (χ4n) is 1.92. The number of nitrogens with two attached hydrogens (primary N) is 1. The second-order valence-corrected chi connectivity index (χ2v) is 4.49. The van der Waals surface area contributed by atoms with Gasteiger partial charge in [0.05, 0.1) is 17.8 Å². The summed E-state index contributed by atoms with van der Waals surface area (Å²) in [4.78, 5) is 16.9. The fourth-order valence-corrected chi connectivity index (χ4v) is 1.92. The van der Waals surface area contributed by atoms with Crippen LogP contribution in [0.15, 0.2) is 24.5 Å². The highest BCUT2D eigenvalue weighted by molar-refractivity contribution is 5.67. The third kappa shape index (κ3) is 3.23. The van der Waals surface area contributed by atoms with Gasteiger partial charge in [0, 0.05) is 32.4 Å². The number of carbonyl (C=O) groups is 1. The van der Waals surface area contributed by atoms with Crippen molar-refractivity contribution in [3.05, 3.63) is 30.2 Å². The average Bonchev–Trinajstić information content (AvgIpc) is 2.77. The van der Waals surface area contributed by atoms with Gasteiger partial charge in [0.2, 0.25) is 0 Å². The topological polar surface area (TPSA) is 83.9 Å². The van der Waals surface area contributed by atoms with Crippen LogP contribution in [-0.4, -0.2) is 40.6 Å². The highest BCUT2D eigenvalue weighted by Crippen LogP contribution is 2.15. The Morgan fingerprint density at radius 2 is 2.26 bits per heavy atom. The number of carboxylic acid groups (broad SMARTS) is 1. The second kappa shape index (κ2) is 5.71. The highest BCUT2D eigenvalue weighted by atomic mass is 16.4. The van der Waals surface area contributed by atoms with Crippen LogP contribution in [0.2, 0.25) is 0 Å². The maximum absolute atomic E-state index is 10.6. The van der Waals surface area contributed by atoms with Gasteiger partial charge >= 0.3 is 5.97 Å². The normalized spacial score (nSPS) is 10.8. The maximum Gasteiger partial charge on any atom is 0.305 e. The number of pyridine rings is 1. The first-order valence-corrected chi connectivity index (χ1v) is 6.21. The molecule has 0 radical (unpaired) electrons. The number of aliphatic carboxylic acids is 1. The minimum atomic E-state index is -0.791. The van der Waals surface area contributed by atoms with Gasteiger partial charge in [0.25, 0.3) is 0 Å². The Kier molecular flexibility index (Phi) is 4.01. The van der Waals surface area contributed by atoms with E-state index in [4.69, 9.17) is 10.8 Å². The summed E-state index contributed by atoms with van der Waals surface area (Å²) in [7, 11) is 1.88. The van der Waals surface area contributed by atoms with Gasteiger partial charge in [-0.05, 0) is 18.7 Å². The highest BCUT2D eigenvalue weighted by Gasteiger charge is 2.06. The summed E-state index contributed by atoms with van der Waals surface area (Å²) in [5.74, 6) is -0.791. The van der Waals surface area contributed by atoms with Crippen LogP contribution in [-0.2, 0) is 11.2 Å². The van der Waals surface area contributed by atoms with Gasteiger partial charge in [-0.2, -0.15) is 0 Å². The number of aromatic nitrogens is 2. The number of hydrogen-bond acceptors (Lipinski definition) is 4. The van der Waals surface area contributed by atoms with E-state index in [1.165, 1.54) is 0 Å². The summed E-state index contributed by atoms with van der Waals surface area (Å²) >= 11 is 0. The molecule has 0 spiro atoms. The van der Waals surface area contributed by atoms with Crippen molar-refractivity contribution in [3.8, 4) is 0 Å². The molecule has 0 unspecified atom stereocenters. The van der Waals surface area contributed by atoms with E-state index in [2.05, 4.69) is 4.98 Å². The molecule has 0 aliphatic carbocycles. The number of hydrogen-bond donors (Lipinski definition) is 2. The third-order valence-electron chi connectivity index (χ3n) is 2.99. The van der Waals surface area contributed by atoms with E-state index in [1.807, 2.05) is 40.9 Å². The average molecular weight is 262 g/mol. The first-order chi connectivity index (χ1) is 9.10. The predicted octanol–water partition coefficient (Wildman–Crippen LogP) is 0.746. The molecule has 6 nitrogen and oxygen atoms in total. The van der Waals surface area contributed by atoms with Crippen molar-refractivity contribution in [2.24, 2.45) is 5.73 Å². The minimum Gasteiger partial charge on any atom is -0.481 e. The monoisotopic (exact) mass is 262 g/mol. The lowest BCUT2D eigenvalue weighted by Crippen LogP contribution is -2.21. The zero-order chi connectivity index (χ0) is 13.8. The molecule has 0 atom stereocenters. The molecule has 2 rings (SSSR count). The van der Waals surface area contributed by atoms with E-state index in [0.29, 0.717) is 13.1 Å². The molecule has 0 aromatic carbocycles. The standard InChI is InChI=1S/C13H18N4O2/c1-16(7-5-13(18)19)11-2-3-12-15-10(4-6-14)8-17(12)9-11/h2-3,8-9H,4-7,14H2,1H3,(H,18,19). The van der Waals surface area contributed by atoms with Crippen LogP contribution >= 0.6 is 0 Å². The Labute approximate surface area is 111 Å². The van der Waals surface area contributed by atoms with Crippen LogP contribution in [0, 0.1) is 0 Å². The molecule has 2 heterocycles. The van der Waals surface area contributed by atoms with E-state index >= 15 is 0 Å². The van der Waals surface area contributed by atoms with Crippen LogP contribution < -0.4 is 10.6 Å². The van der Waals surface area contributed by atoms with E-state index < -0.39 is 5.97 Å². The number of anilines is 1. The quantitative estimate of drug-likeness (QED) is 0.802. The Morgan fingerprint density at radius 1 is 1.47 bits per heavy atom. The Bertz CT molecular complexity index is 579. The number of rotatable bonds is 6. The first-order valence-electron chi connectivity index (χ1n) is 6.21. The van der Waals surface area contributed by atoms with Crippen LogP contribution in [0.4, 0.5) is 5.69 Å². The molecule has 19 heavy (non-hydrogen) atoms. The molecule has 0 saturated carbocycles. The molecule has 102 valence electrons. The zero-order valence-corrected chi connectivity index (χ0v) is 10.9. The van der Waals surface area contributed by atoms with Crippen LogP contribution in [0.3, 0.4) is 0 Å². The summed E-state index contributed by atoms with van der Waals surface area (Å²) in [5, 5.41) is 8.69. The van der Waals surface area contributed by atoms with Gasteiger partial charge in [-0.1, -0.05) is 0 Å². The Balaban J connectivity index is 2.18. The van der Waals surface area contributed by atoms with Crippen LogP contribution in [0.1, 0.15) is 12.1 Å². The fraction of sp³-hybridized carbons (Fsp3) is 0.385. The van der Waals surface area contributed by atoms with Crippen molar-refractivity contribution in [1.29, 1.82) is 0 Å². The molecule has 0 saturated heterocycles. The Hall–Kier alpha value is -2.08. The molecule has 0 fully saturated rings. The van der Waals surface area contributed by atoms with E-state index in [1.54, 1.807) is 0 Å². The molecular formula is C13H18N4O2. The zero-order valence-electron chi connectivity index (χ0n) is 10.9. The lowest BCUT2D eigenvalue weighted by Gasteiger charge is -2.18. The number of fused-ring (bicyclic) bond motifs is 1. The largest absolute Gasteiger partial charge is 0.481 e. The van der Waals surface area contributed by atoms with Gasteiger partial charge in [-0.25, -0.2) is 4.98 Å². The molecule has 2 aromatic rings. The summed E-state index contributed by atoms with van der Waals surface area (Å²) in [6.45, 7) is 1.06. The summed E-state index contributed by atoms with van der Waals surface area (Å²) in [5.41, 5.74) is 8.32. The molecule has 3 N–H and O–H groups in total. The van der Waals surface area contributed by atoms with E-state index in [0.717, 1.165) is 23.4 Å². The van der Waals surface area contributed by atoms with Gasteiger partial charge in [-0.3, -0.25) is 4.79 Å². The maximum atomic E-state index is 10.6. The van der Waals surface area contributed by atoms with Crippen molar-refractivity contribution in [3.63, 3.8) is 0 Å². The van der Waals surface area contributed by atoms with Crippen LogP contribution in [0.5, 0.6) is 0 Å². The van der Waals surface area contributed by atoms with Crippen molar-refractivity contribution < 1.29 is 9.90 Å². The smallest absolute Gasteiger partial charge is 0.305 e. The molecule has 0 amide bonds. The van der Waals surface area contributed by atoms with E-state index in [9.17, 15) is 4.79 Å². The molecule has 6 heteroatoms. The van der Waals surface area contributed by atoms with Gasteiger partial charge in [0.1, 0.15) is 5.65 Å². The molecular weight excluding hydrogens is 244 g/mol. The predicted molar refractivity (Wildman–Crippen MR) is 73.5 cm³/mol. The van der Waals surface area contributed by atoms with Crippen molar-refractivity contribution in [2.75, 3.05) is 25.0 Å². The SMILES string of the molecule is CN(CCC(=O)O)c1ccc2nc(CCN)cn2c1. The lowest BCUT2D eigenvalue weighted by atomic mass is 10.3. The minimum absolute atomic E-state index is 0.122. The van der Waals surface area contributed by atoms with Crippen molar-refractivity contribution in [2.45, 2.75) is 12.8 Å². The first kappa shape index (κ1) is 13.4. The van der Waals surface area contributed by atoms with Crippen LogP contribution in [0.25, 0.3) is 5.65 Å². The third-order valence-corrected chi connectivity index (χ3v) is 2.99. The van der Waals surface area contributed by atoms with Gasteiger partial charge in [0.15, 0.2) is 0 Å². The summed E-state index contributed by atoms with van der Waals surface area (Å²) in [6.07, 6.45) is 4.78. The number of imidazole rings is 1. The summed E-state index contributed by atoms with van der Waals surface area (Å²) < 4.78 is 1.94. The second-order valence-electron chi connectivity index (χ2n) is 4.49. The molecule has 0 aliphatic rings. The van der Waals surface area contributed by atoms with Gasteiger partial charge < -0.3 is 20.1 Å². The lowest BCUT2D eigenvalue weighted by molar-refractivity contribution is -0.136. The van der Waals surface area contributed by atoms with E-state index in [-0.39, 0.29) is 6.42 Å². The number of nitrogens with zero attached hydrogens (tertiary/aromatic N) is 3. The Morgan fingerprint density at radius 3 is 2.95 bits per heavy atom. The van der Waals surface area contributed by atoms with Crippen molar-refractivity contribution >= 4 is 17.3 Å². The molecule has 0 bridgehead atoms. The number of carboxylic acids is 1.